The lowest BCUT2D eigenvalue weighted by Crippen LogP contribution is -2.49. The van der Waals surface area contributed by atoms with Gasteiger partial charge in [0, 0.05) is 13.0 Å². The lowest BCUT2D eigenvalue weighted by Gasteiger charge is -2.36. The predicted molar refractivity (Wildman–Crippen MR) is 80.6 cm³/mol. The zero-order valence-electron chi connectivity index (χ0n) is 13.1. The minimum Gasteiger partial charge on any atom is -0.379 e. The number of nitrogens with zero attached hydrogens (tertiary/aromatic N) is 1. The first kappa shape index (κ1) is 17.4. The molecule has 0 spiro atoms. The van der Waals surface area contributed by atoms with E-state index in [1.165, 1.54) is 0 Å². The normalized spacial score (nSPS) is 26.4. The molecule has 0 aromatic carbocycles. The summed E-state index contributed by atoms with van der Waals surface area (Å²) in [7, 11) is 0. The Hall–Kier alpha value is -0.630. The summed E-state index contributed by atoms with van der Waals surface area (Å²) in [5.41, 5.74) is -0.373. The summed E-state index contributed by atoms with van der Waals surface area (Å²) in [6.07, 6.45) is 7.40. The lowest BCUT2D eigenvalue weighted by atomic mass is 9.81. The summed E-state index contributed by atoms with van der Waals surface area (Å²) >= 11 is 0. The fraction of sp³-hybridized carbons (Fsp3) is 0.938. The number of hydrogen-bond acceptors (Lipinski definition) is 4. The molecule has 4 heteroatoms. The van der Waals surface area contributed by atoms with Gasteiger partial charge in [-0.25, -0.2) is 0 Å². The number of nitriles is 1. The average molecular weight is 282 g/mol. The van der Waals surface area contributed by atoms with Gasteiger partial charge in [0.15, 0.2) is 0 Å². The monoisotopic (exact) mass is 282 g/mol. The maximum absolute atomic E-state index is 9.46. The van der Waals surface area contributed by atoms with Crippen molar-refractivity contribution in [1.82, 2.24) is 5.32 Å². The summed E-state index contributed by atoms with van der Waals surface area (Å²) < 4.78 is 11.4. The molecule has 0 aliphatic heterocycles. The van der Waals surface area contributed by atoms with Crippen molar-refractivity contribution in [3.63, 3.8) is 0 Å². The summed E-state index contributed by atoms with van der Waals surface area (Å²) in [5, 5.41) is 12.9. The Morgan fingerprint density at radius 3 is 2.80 bits per heavy atom. The molecule has 0 saturated heterocycles. The second-order valence-corrected chi connectivity index (χ2v) is 5.68. The third kappa shape index (κ3) is 6.21. The largest absolute Gasteiger partial charge is 0.379 e. The van der Waals surface area contributed by atoms with Crippen LogP contribution in [0.25, 0.3) is 0 Å². The molecule has 4 nitrogen and oxygen atoms in total. The lowest BCUT2D eigenvalue weighted by molar-refractivity contribution is -0.0224. The van der Waals surface area contributed by atoms with Crippen LogP contribution in [-0.4, -0.2) is 38.0 Å². The molecule has 116 valence electrons. The number of ether oxygens (including phenoxy) is 2. The van der Waals surface area contributed by atoms with Crippen LogP contribution >= 0.6 is 0 Å². The van der Waals surface area contributed by atoms with Crippen molar-refractivity contribution < 1.29 is 9.47 Å². The molecule has 0 bridgehead atoms. The van der Waals surface area contributed by atoms with Crippen LogP contribution in [0, 0.1) is 11.3 Å². The molecule has 1 aliphatic rings. The van der Waals surface area contributed by atoms with Crippen LogP contribution in [0.3, 0.4) is 0 Å². The van der Waals surface area contributed by atoms with Crippen molar-refractivity contribution >= 4 is 0 Å². The summed E-state index contributed by atoms with van der Waals surface area (Å²) in [6.45, 7) is 7.32. The van der Waals surface area contributed by atoms with Crippen molar-refractivity contribution in [2.45, 2.75) is 70.4 Å². The molecule has 1 aliphatic carbocycles. The van der Waals surface area contributed by atoms with Gasteiger partial charge in [0.1, 0.15) is 5.54 Å². The SMILES string of the molecule is CCCCOCCOC1CCCC(C#N)(NCCC)C1. The quantitative estimate of drug-likeness (QED) is 0.626. The Labute approximate surface area is 123 Å². The van der Waals surface area contributed by atoms with E-state index < -0.39 is 0 Å². The van der Waals surface area contributed by atoms with Crippen molar-refractivity contribution in [2.24, 2.45) is 0 Å². The first-order chi connectivity index (χ1) is 9.76. The fourth-order valence-corrected chi connectivity index (χ4v) is 2.65. The second kappa shape index (κ2) is 10.1. The highest BCUT2D eigenvalue weighted by Gasteiger charge is 2.36. The van der Waals surface area contributed by atoms with Gasteiger partial charge in [-0.3, -0.25) is 5.32 Å². The molecule has 0 aromatic heterocycles. The third-order valence-corrected chi connectivity index (χ3v) is 3.86. The minimum absolute atomic E-state index is 0.197. The average Bonchev–Trinajstić information content (AvgIpc) is 2.49. The van der Waals surface area contributed by atoms with Gasteiger partial charge in [-0.2, -0.15) is 5.26 Å². The zero-order chi connectivity index (χ0) is 14.7. The van der Waals surface area contributed by atoms with Crippen LogP contribution < -0.4 is 5.32 Å². The van der Waals surface area contributed by atoms with Crippen LogP contribution in [0.15, 0.2) is 0 Å². The molecule has 1 fully saturated rings. The molecule has 0 amide bonds. The van der Waals surface area contributed by atoms with Crippen LogP contribution in [0.2, 0.25) is 0 Å². The van der Waals surface area contributed by atoms with Crippen molar-refractivity contribution in [1.29, 1.82) is 5.26 Å². The molecule has 0 aromatic rings. The van der Waals surface area contributed by atoms with E-state index in [2.05, 4.69) is 25.2 Å². The molecule has 1 rings (SSSR count). The molecule has 1 saturated carbocycles. The Kier molecular flexibility index (Phi) is 8.84. The summed E-state index contributed by atoms with van der Waals surface area (Å²) in [4.78, 5) is 0. The highest BCUT2D eigenvalue weighted by atomic mass is 16.5. The standard InChI is InChI=1S/C16H30N2O2/c1-3-5-10-19-11-12-20-15-7-6-8-16(13-15,14-17)18-9-4-2/h15,18H,3-13H2,1-2H3. The second-order valence-electron chi connectivity index (χ2n) is 5.68. The highest BCUT2D eigenvalue weighted by molar-refractivity contribution is 5.10. The van der Waals surface area contributed by atoms with E-state index >= 15 is 0 Å². The molecule has 0 heterocycles. The van der Waals surface area contributed by atoms with Crippen LogP contribution in [0.1, 0.15) is 58.8 Å². The van der Waals surface area contributed by atoms with E-state index in [0.717, 1.165) is 58.1 Å². The molecular formula is C16H30N2O2. The maximum atomic E-state index is 9.46. The first-order valence-corrected chi connectivity index (χ1v) is 8.12. The van der Waals surface area contributed by atoms with Gasteiger partial charge in [-0.15, -0.1) is 0 Å². The summed E-state index contributed by atoms with van der Waals surface area (Å²) in [5.74, 6) is 0. The fourth-order valence-electron chi connectivity index (χ4n) is 2.65. The number of unbranched alkanes of at least 4 members (excludes halogenated alkanes) is 1. The van der Waals surface area contributed by atoms with Gasteiger partial charge in [-0.05, 0) is 38.6 Å². The number of hydrogen-bond donors (Lipinski definition) is 1. The zero-order valence-corrected chi connectivity index (χ0v) is 13.1. The van der Waals surface area contributed by atoms with Crippen LogP contribution in [0.5, 0.6) is 0 Å². The Balaban J connectivity index is 2.24. The van der Waals surface area contributed by atoms with Gasteiger partial charge >= 0.3 is 0 Å². The Bertz CT molecular complexity index is 291. The van der Waals surface area contributed by atoms with Gasteiger partial charge in [0.2, 0.25) is 0 Å². The molecular weight excluding hydrogens is 252 g/mol. The van der Waals surface area contributed by atoms with Gasteiger partial charge in [0.05, 0.1) is 25.4 Å². The molecule has 2 atom stereocenters. The van der Waals surface area contributed by atoms with Gasteiger partial charge in [-0.1, -0.05) is 20.3 Å². The van der Waals surface area contributed by atoms with E-state index in [1.807, 2.05) is 0 Å². The van der Waals surface area contributed by atoms with Crippen molar-refractivity contribution in [2.75, 3.05) is 26.4 Å². The molecule has 1 N–H and O–H groups in total. The van der Waals surface area contributed by atoms with Crippen molar-refractivity contribution in [3.05, 3.63) is 0 Å². The minimum atomic E-state index is -0.373. The molecule has 20 heavy (non-hydrogen) atoms. The van der Waals surface area contributed by atoms with Gasteiger partial charge in [0.25, 0.3) is 0 Å². The summed E-state index contributed by atoms with van der Waals surface area (Å²) in [6, 6.07) is 2.48. The molecule has 2 unspecified atom stereocenters. The molecule has 0 radical (unpaired) electrons. The third-order valence-electron chi connectivity index (χ3n) is 3.86. The van der Waals surface area contributed by atoms with Crippen LogP contribution in [0.4, 0.5) is 0 Å². The van der Waals surface area contributed by atoms with Crippen molar-refractivity contribution in [3.8, 4) is 6.07 Å². The van der Waals surface area contributed by atoms with Crippen LogP contribution in [-0.2, 0) is 9.47 Å². The predicted octanol–water partition coefficient (Wildman–Crippen LogP) is 3.02. The Morgan fingerprint density at radius 1 is 1.25 bits per heavy atom. The van der Waals surface area contributed by atoms with Gasteiger partial charge < -0.3 is 9.47 Å². The smallest absolute Gasteiger partial charge is 0.109 e. The Morgan fingerprint density at radius 2 is 2.10 bits per heavy atom. The van der Waals surface area contributed by atoms with E-state index in [0.29, 0.717) is 13.2 Å². The van der Waals surface area contributed by atoms with E-state index in [4.69, 9.17) is 9.47 Å². The van der Waals surface area contributed by atoms with E-state index in [1.54, 1.807) is 0 Å². The van der Waals surface area contributed by atoms with E-state index in [9.17, 15) is 5.26 Å². The highest BCUT2D eigenvalue weighted by Crippen LogP contribution is 2.29. The number of nitrogens with one attached hydrogen (secondary N) is 1. The number of rotatable bonds is 10. The van der Waals surface area contributed by atoms with E-state index in [-0.39, 0.29) is 11.6 Å². The maximum Gasteiger partial charge on any atom is 0.109 e. The first-order valence-electron chi connectivity index (χ1n) is 8.12. The topological polar surface area (TPSA) is 54.3 Å².